The summed E-state index contributed by atoms with van der Waals surface area (Å²) in [5, 5.41) is 0. The molecular weight excluding hydrogens is 426 g/mol. The second-order valence-electron chi connectivity index (χ2n) is 9.26. The van der Waals surface area contributed by atoms with Gasteiger partial charge < -0.3 is 14.4 Å². The second-order valence-corrected chi connectivity index (χ2v) is 11.3. The van der Waals surface area contributed by atoms with Gasteiger partial charge in [-0.3, -0.25) is 4.79 Å². The number of fused-ring (bicyclic) bond motifs is 1. The topological polar surface area (TPSA) is 72.9 Å². The van der Waals surface area contributed by atoms with Gasteiger partial charge in [0.25, 0.3) is 5.91 Å². The molecule has 6 nitrogen and oxygen atoms in total. The number of ether oxygens (including phenoxy) is 2. The van der Waals surface area contributed by atoms with E-state index in [1.807, 2.05) is 0 Å². The average Bonchev–Trinajstić information content (AvgIpc) is 3.53. The monoisotopic (exact) mass is 455 g/mol. The molecule has 0 unspecified atom stereocenters. The zero-order valence-corrected chi connectivity index (χ0v) is 19.2. The van der Waals surface area contributed by atoms with E-state index >= 15 is 0 Å². The maximum absolute atomic E-state index is 13.5. The second kappa shape index (κ2) is 8.52. The lowest BCUT2D eigenvalue weighted by atomic mass is 9.90. The van der Waals surface area contributed by atoms with Crippen LogP contribution in [0.25, 0.3) is 0 Å². The maximum atomic E-state index is 13.5. The summed E-state index contributed by atoms with van der Waals surface area (Å²) in [6.45, 7) is 3.20. The minimum Gasteiger partial charge on any atom is -0.492 e. The summed E-state index contributed by atoms with van der Waals surface area (Å²) in [5.41, 5.74) is 3.95. The highest BCUT2D eigenvalue weighted by Gasteiger charge is 2.29. The molecule has 1 saturated heterocycles. The van der Waals surface area contributed by atoms with Crippen molar-refractivity contribution in [2.24, 2.45) is 5.92 Å². The van der Waals surface area contributed by atoms with Crippen molar-refractivity contribution in [3.63, 3.8) is 0 Å². The van der Waals surface area contributed by atoms with E-state index in [9.17, 15) is 13.2 Å². The number of hydrogen-bond donors (Lipinski definition) is 0. The Hall–Kier alpha value is -2.38. The first-order valence-electron chi connectivity index (χ1n) is 11.3. The molecule has 0 bridgehead atoms. The molecular formula is C25H29NO5S. The average molecular weight is 456 g/mol. The lowest BCUT2D eigenvalue weighted by molar-refractivity contribution is 0.0746. The first kappa shape index (κ1) is 21.5. The minimum absolute atomic E-state index is 0.137. The smallest absolute Gasteiger partial charge is 0.258 e. The molecule has 0 aromatic heterocycles. The SMILES string of the molecule is CS(=O)(=O)c1ccc(OCC2CC2)c(C(=O)N2Cc3ccc(C4CCOCC4)cc3C2)c1. The van der Waals surface area contributed by atoms with Crippen LogP contribution in [0, 0.1) is 5.92 Å². The molecule has 0 atom stereocenters. The fourth-order valence-electron chi connectivity index (χ4n) is 4.54. The molecule has 2 fully saturated rings. The molecule has 0 radical (unpaired) electrons. The van der Waals surface area contributed by atoms with Crippen LogP contribution in [0.5, 0.6) is 5.75 Å². The van der Waals surface area contributed by atoms with E-state index in [2.05, 4.69) is 18.2 Å². The molecule has 5 rings (SSSR count). The largest absolute Gasteiger partial charge is 0.492 e. The molecule has 170 valence electrons. The van der Waals surface area contributed by atoms with Crippen molar-refractivity contribution >= 4 is 15.7 Å². The van der Waals surface area contributed by atoms with Crippen molar-refractivity contribution in [3.05, 3.63) is 58.7 Å². The number of benzene rings is 2. The first-order valence-corrected chi connectivity index (χ1v) is 13.2. The Morgan fingerprint density at radius 1 is 1.03 bits per heavy atom. The Balaban J connectivity index is 1.38. The van der Waals surface area contributed by atoms with E-state index in [-0.39, 0.29) is 10.8 Å². The van der Waals surface area contributed by atoms with Gasteiger partial charge in [-0.15, -0.1) is 0 Å². The highest BCUT2D eigenvalue weighted by Crippen LogP contribution is 2.34. The van der Waals surface area contributed by atoms with Gasteiger partial charge in [-0.05, 0) is 72.4 Å². The molecule has 2 aromatic rings. The number of amides is 1. The molecule has 1 amide bonds. The van der Waals surface area contributed by atoms with Crippen molar-refractivity contribution in [1.82, 2.24) is 4.90 Å². The van der Waals surface area contributed by atoms with Gasteiger partial charge in [0, 0.05) is 32.6 Å². The lowest BCUT2D eigenvalue weighted by Gasteiger charge is -2.22. The summed E-state index contributed by atoms with van der Waals surface area (Å²) in [5.74, 6) is 1.32. The minimum atomic E-state index is -3.43. The molecule has 1 saturated carbocycles. The third-order valence-electron chi connectivity index (χ3n) is 6.71. The van der Waals surface area contributed by atoms with Crippen LogP contribution in [-0.2, 0) is 27.7 Å². The highest BCUT2D eigenvalue weighted by atomic mass is 32.2. The van der Waals surface area contributed by atoms with E-state index in [1.54, 1.807) is 11.0 Å². The molecule has 1 aliphatic carbocycles. The Labute approximate surface area is 189 Å². The van der Waals surface area contributed by atoms with Crippen LogP contribution in [0.2, 0.25) is 0 Å². The van der Waals surface area contributed by atoms with Crippen molar-refractivity contribution in [3.8, 4) is 5.75 Å². The molecule has 0 spiro atoms. The van der Waals surface area contributed by atoms with E-state index in [0.717, 1.165) is 50.7 Å². The third-order valence-corrected chi connectivity index (χ3v) is 7.82. The molecule has 7 heteroatoms. The summed E-state index contributed by atoms with van der Waals surface area (Å²) < 4.78 is 35.6. The first-order chi connectivity index (χ1) is 15.4. The molecule has 3 aliphatic rings. The van der Waals surface area contributed by atoms with Gasteiger partial charge in [0.1, 0.15) is 5.75 Å². The van der Waals surface area contributed by atoms with E-state index in [1.165, 1.54) is 23.3 Å². The zero-order valence-electron chi connectivity index (χ0n) is 18.4. The van der Waals surface area contributed by atoms with Crippen LogP contribution in [0.4, 0.5) is 0 Å². The Morgan fingerprint density at radius 3 is 2.50 bits per heavy atom. The Kier molecular flexibility index (Phi) is 5.72. The van der Waals surface area contributed by atoms with Gasteiger partial charge in [0.05, 0.1) is 17.1 Å². The number of carbonyl (C=O) groups is 1. The normalized spacial score (nSPS) is 19.1. The summed E-state index contributed by atoms with van der Waals surface area (Å²) in [6, 6.07) is 11.2. The number of hydrogen-bond acceptors (Lipinski definition) is 5. The molecule has 2 aliphatic heterocycles. The third kappa shape index (κ3) is 4.55. The fraction of sp³-hybridized carbons (Fsp3) is 0.480. The standard InChI is InChI=1S/C25H29NO5S/c1-32(28,29)22-6-7-24(31-16-17-2-3-17)23(13-22)25(27)26-14-20-5-4-19(12-21(20)15-26)18-8-10-30-11-9-18/h4-7,12-13,17-18H,2-3,8-11,14-16H2,1H3. The predicted octanol–water partition coefficient (Wildman–Crippen LogP) is 3.93. The van der Waals surface area contributed by atoms with Crippen LogP contribution in [0.15, 0.2) is 41.3 Å². The number of carbonyl (C=O) groups excluding carboxylic acids is 1. The molecule has 0 N–H and O–H groups in total. The maximum Gasteiger partial charge on any atom is 0.258 e. The summed E-state index contributed by atoms with van der Waals surface area (Å²) in [7, 11) is -3.43. The Morgan fingerprint density at radius 2 is 1.78 bits per heavy atom. The van der Waals surface area contributed by atoms with Gasteiger partial charge in [0.15, 0.2) is 9.84 Å². The Bertz CT molecular complexity index is 1130. The molecule has 2 heterocycles. The fourth-order valence-corrected chi connectivity index (χ4v) is 5.19. The van der Waals surface area contributed by atoms with Crippen LogP contribution < -0.4 is 4.74 Å². The lowest BCUT2D eigenvalue weighted by Crippen LogP contribution is -2.26. The quantitative estimate of drug-likeness (QED) is 0.660. The van der Waals surface area contributed by atoms with Crippen molar-refractivity contribution < 1.29 is 22.7 Å². The van der Waals surface area contributed by atoms with Crippen molar-refractivity contribution in [1.29, 1.82) is 0 Å². The van der Waals surface area contributed by atoms with Crippen LogP contribution in [0.1, 0.15) is 58.6 Å². The van der Waals surface area contributed by atoms with E-state index in [0.29, 0.717) is 42.8 Å². The van der Waals surface area contributed by atoms with Crippen LogP contribution >= 0.6 is 0 Å². The number of nitrogens with zero attached hydrogens (tertiary/aromatic N) is 1. The number of sulfone groups is 1. The molecule has 32 heavy (non-hydrogen) atoms. The summed E-state index contributed by atoms with van der Waals surface area (Å²) in [4.78, 5) is 15.4. The highest BCUT2D eigenvalue weighted by molar-refractivity contribution is 7.90. The van der Waals surface area contributed by atoms with Crippen LogP contribution in [0.3, 0.4) is 0 Å². The summed E-state index contributed by atoms with van der Waals surface area (Å²) in [6.07, 6.45) is 5.50. The molecule has 2 aromatic carbocycles. The predicted molar refractivity (Wildman–Crippen MR) is 121 cm³/mol. The number of rotatable bonds is 6. The van der Waals surface area contributed by atoms with Crippen LogP contribution in [-0.4, -0.2) is 45.3 Å². The van der Waals surface area contributed by atoms with Gasteiger partial charge in [-0.2, -0.15) is 0 Å². The van der Waals surface area contributed by atoms with Gasteiger partial charge in [-0.1, -0.05) is 18.2 Å². The van der Waals surface area contributed by atoms with Gasteiger partial charge in [0.2, 0.25) is 0 Å². The van der Waals surface area contributed by atoms with E-state index in [4.69, 9.17) is 9.47 Å². The summed E-state index contributed by atoms with van der Waals surface area (Å²) >= 11 is 0. The van der Waals surface area contributed by atoms with E-state index < -0.39 is 9.84 Å². The van der Waals surface area contributed by atoms with Gasteiger partial charge >= 0.3 is 0 Å². The van der Waals surface area contributed by atoms with Crippen molar-refractivity contribution in [2.75, 3.05) is 26.1 Å². The van der Waals surface area contributed by atoms with Gasteiger partial charge in [-0.25, -0.2) is 8.42 Å². The van der Waals surface area contributed by atoms with Crippen molar-refractivity contribution in [2.45, 2.75) is 49.6 Å². The zero-order chi connectivity index (χ0) is 22.3.